The van der Waals surface area contributed by atoms with Crippen LogP contribution < -0.4 is 5.43 Å². The zero-order valence-electron chi connectivity index (χ0n) is 38.1. The lowest BCUT2D eigenvalue weighted by Gasteiger charge is -2.21. The van der Waals surface area contributed by atoms with E-state index in [1.165, 1.54) is 12.1 Å². The van der Waals surface area contributed by atoms with E-state index in [4.69, 9.17) is 15.1 Å². The van der Waals surface area contributed by atoms with Gasteiger partial charge in [-0.15, -0.1) is 0 Å². The van der Waals surface area contributed by atoms with Gasteiger partial charge in [-0.05, 0) is 192 Å². The molecule has 0 radical (unpaired) electrons. The molecule has 0 bridgehead atoms. The molecule has 336 valence electrons. The molecule has 12 rings (SSSR count). The Labute approximate surface area is 409 Å². The Hall–Kier alpha value is -9.46. The minimum atomic E-state index is -0.303. The molecule has 0 amide bonds. The smallest absolute Gasteiger partial charge is 0.123 e. The highest BCUT2D eigenvalue weighted by atomic mass is 19.1. The van der Waals surface area contributed by atoms with E-state index in [-0.39, 0.29) is 17.3 Å². The Morgan fingerprint density at radius 1 is 0.394 bits per heavy atom. The van der Waals surface area contributed by atoms with Gasteiger partial charge in [-0.3, -0.25) is 20.8 Å². The highest BCUT2D eigenvalue weighted by Crippen LogP contribution is 2.39. The topological polar surface area (TPSA) is 74.0 Å². The van der Waals surface area contributed by atoms with Crippen molar-refractivity contribution in [2.45, 2.75) is 0 Å². The van der Waals surface area contributed by atoms with Gasteiger partial charge in [0.05, 0.1) is 22.8 Å². The van der Waals surface area contributed by atoms with E-state index in [1.807, 2.05) is 97.1 Å². The number of hydrazone groups is 1. The van der Waals surface area contributed by atoms with Gasteiger partial charge in [0.25, 0.3) is 0 Å². The molecule has 0 unspecified atom stereocenters. The predicted molar refractivity (Wildman–Crippen MR) is 289 cm³/mol. The minimum Gasteiger partial charge on any atom is -0.299 e. The summed E-state index contributed by atoms with van der Waals surface area (Å²) in [5, 5.41) is 20.7. The lowest BCUT2D eigenvalue weighted by Crippen LogP contribution is -2.19. The number of hydrogen-bond acceptors (Lipinski definition) is 5. The quantitative estimate of drug-likeness (QED) is 0.112. The summed E-state index contributed by atoms with van der Waals surface area (Å²) in [7, 11) is 0. The molecule has 2 N–H and O–H groups in total. The molecule has 7 heteroatoms. The molecule has 0 saturated heterocycles. The van der Waals surface area contributed by atoms with Gasteiger partial charge in [-0.25, -0.2) is 8.78 Å². The zero-order chi connectivity index (χ0) is 47.8. The molecule has 9 aromatic carbocycles. The second-order valence-electron chi connectivity index (χ2n) is 17.7. The first-order chi connectivity index (χ1) is 34.9. The average Bonchev–Trinajstić information content (AvgIpc) is 3.42. The number of hydrogen-bond donors (Lipinski definition) is 2. The number of benzene rings is 9. The van der Waals surface area contributed by atoms with Crippen LogP contribution in [-0.2, 0) is 0 Å². The summed E-state index contributed by atoms with van der Waals surface area (Å²) < 4.78 is 29.2. The second-order valence-corrected chi connectivity index (χ2v) is 17.7. The molecule has 0 fully saturated rings. The number of halogens is 2. The monoisotopic (exact) mass is 917 g/mol. The van der Waals surface area contributed by atoms with Crippen LogP contribution in [0.4, 0.5) is 14.5 Å². The number of pyridine rings is 2. The van der Waals surface area contributed by atoms with Crippen LogP contribution in [0, 0.1) is 17.0 Å². The summed E-state index contributed by atoms with van der Waals surface area (Å²) in [6.45, 7) is 0. The van der Waals surface area contributed by atoms with Gasteiger partial charge in [0.1, 0.15) is 17.3 Å². The zero-order valence-corrected chi connectivity index (χ0v) is 38.1. The van der Waals surface area contributed by atoms with E-state index in [1.54, 1.807) is 36.7 Å². The van der Waals surface area contributed by atoms with Gasteiger partial charge in [-0.1, -0.05) is 109 Å². The van der Waals surface area contributed by atoms with Crippen LogP contribution in [0.25, 0.3) is 99.4 Å². The SMILES string of the molecule is N=C1C=C(c2cc(-c3ccc4ccc(F)cc4c3)cc(-c3ccccn3)c2)C=C(c2cc(-c3ccc4ccc(F)cc4c3)cc(-c3ccccn3)c2)/C1=N/Nc1ccccc1-c1cccc2ccccc12. The molecular formula is C64H41F2N5. The molecule has 0 aliphatic heterocycles. The Kier molecular flexibility index (Phi) is 11.0. The first kappa shape index (κ1) is 42.9. The summed E-state index contributed by atoms with van der Waals surface area (Å²) >= 11 is 0. The lowest BCUT2D eigenvalue weighted by atomic mass is 9.84. The van der Waals surface area contributed by atoms with Crippen LogP contribution in [0.1, 0.15) is 11.1 Å². The van der Waals surface area contributed by atoms with Gasteiger partial charge >= 0.3 is 0 Å². The Bertz CT molecular complexity index is 4000. The summed E-state index contributed by atoms with van der Waals surface area (Å²) in [5.41, 5.74) is 17.0. The van der Waals surface area contributed by atoms with Crippen LogP contribution >= 0.6 is 0 Å². The highest BCUT2D eigenvalue weighted by molar-refractivity contribution is 6.62. The Balaban J connectivity index is 1.05. The van der Waals surface area contributed by atoms with E-state index in [9.17, 15) is 14.2 Å². The standard InChI is InChI=1S/C64H41F2N5/c65-54-24-22-40-18-20-43(28-48(40)36-54)45-30-47(34-52(32-45)61-15-5-7-26-68-61)50-38-59(64(60(67)39-50)71-70-63-17-4-3-13-58(63)57-14-9-11-42-10-1-2-12-56(42)57)51-31-46(33-53(35-51)62-16-6-8-27-69-62)44-21-19-41-23-25-55(66)37-49(41)29-44/h1-39,67,70H/b67-60?,71-64-. The third-order valence-corrected chi connectivity index (χ3v) is 13.1. The van der Waals surface area contributed by atoms with Crippen LogP contribution in [0.15, 0.2) is 242 Å². The molecule has 5 nitrogen and oxygen atoms in total. The van der Waals surface area contributed by atoms with Crippen molar-refractivity contribution in [1.82, 2.24) is 9.97 Å². The maximum absolute atomic E-state index is 14.6. The normalized spacial score (nSPS) is 13.2. The third-order valence-electron chi connectivity index (χ3n) is 13.1. The van der Waals surface area contributed by atoms with Crippen LogP contribution in [0.3, 0.4) is 0 Å². The number of anilines is 1. The fraction of sp³-hybridized carbons (Fsp3) is 0. The van der Waals surface area contributed by atoms with Gasteiger partial charge in [0, 0.05) is 34.7 Å². The predicted octanol–water partition coefficient (Wildman–Crippen LogP) is 16.5. The van der Waals surface area contributed by atoms with Gasteiger partial charge < -0.3 is 0 Å². The average molecular weight is 918 g/mol. The van der Waals surface area contributed by atoms with Crippen molar-refractivity contribution in [1.29, 1.82) is 5.41 Å². The van der Waals surface area contributed by atoms with Crippen molar-refractivity contribution in [3.05, 3.63) is 260 Å². The third kappa shape index (κ3) is 8.58. The maximum atomic E-state index is 14.6. The van der Waals surface area contributed by atoms with Gasteiger partial charge in [0.2, 0.25) is 0 Å². The molecule has 0 spiro atoms. The molecular weight excluding hydrogens is 877 g/mol. The molecule has 11 aromatic rings. The molecule has 0 saturated carbocycles. The fourth-order valence-electron chi connectivity index (χ4n) is 9.60. The largest absolute Gasteiger partial charge is 0.299 e. The number of allylic oxidation sites excluding steroid dienone is 4. The number of aromatic nitrogens is 2. The molecule has 2 heterocycles. The van der Waals surface area contributed by atoms with Crippen molar-refractivity contribution in [3.63, 3.8) is 0 Å². The summed E-state index contributed by atoms with van der Waals surface area (Å²) in [4.78, 5) is 9.51. The van der Waals surface area contributed by atoms with Crippen LogP contribution in [0.2, 0.25) is 0 Å². The van der Waals surface area contributed by atoms with E-state index in [0.29, 0.717) is 11.3 Å². The lowest BCUT2D eigenvalue weighted by molar-refractivity contribution is 0.629. The molecule has 2 aromatic heterocycles. The van der Waals surface area contributed by atoms with E-state index >= 15 is 0 Å². The second kappa shape index (κ2) is 18.2. The van der Waals surface area contributed by atoms with Crippen molar-refractivity contribution in [2.75, 3.05) is 5.43 Å². The maximum Gasteiger partial charge on any atom is 0.123 e. The number of fused-ring (bicyclic) bond motifs is 3. The molecule has 71 heavy (non-hydrogen) atoms. The van der Waals surface area contributed by atoms with Crippen molar-refractivity contribution >= 4 is 60.6 Å². The first-order valence-corrected chi connectivity index (χ1v) is 23.3. The van der Waals surface area contributed by atoms with Gasteiger partial charge in [-0.2, -0.15) is 5.10 Å². The highest BCUT2D eigenvalue weighted by Gasteiger charge is 2.24. The first-order valence-electron chi connectivity index (χ1n) is 23.3. The van der Waals surface area contributed by atoms with E-state index < -0.39 is 0 Å². The van der Waals surface area contributed by atoms with Crippen molar-refractivity contribution in [2.24, 2.45) is 5.10 Å². The van der Waals surface area contributed by atoms with Crippen molar-refractivity contribution < 1.29 is 8.78 Å². The molecule has 1 aliphatic rings. The number of rotatable bonds is 9. The molecule has 1 aliphatic carbocycles. The fourth-order valence-corrected chi connectivity index (χ4v) is 9.60. The summed E-state index contributed by atoms with van der Waals surface area (Å²) in [6, 6.07) is 68.8. The minimum absolute atomic E-state index is 0.199. The molecule has 0 atom stereocenters. The Morgan fingerprint density at radius 3 is 1.59 bits per heavy atom. The van der Waals surface area contributed by atoms with E-state index in [0.717, 1.165) is 111 Å². The van der Waals surface area contributed by atoms with Crippen LogP contribution in [0.5, 0.6) is 0 Å². The van der Waals surface area contributed by atoms with Crippen LogP contribution in [-0.4, -0.2) is 21.4 Å². The summed E-state index contributed by atoms with van der Waals surface area (Å²) in [5.74, 6) is -0.599. The number of para-hydroxylation sites is 1. The van der Waals surface area contributed by atoms with E-state index in [2.05, 4.69) is 96.4 Å². The number of nitrogens with zero attached hydrogens (tertiary/aromatic N) is 3. The van der Waals surface area contributed by atoms with Gasteiger partial charge in [0.15, 0.2) is 0 Å². The number of nitrogens with one attached hydrogen (secondary N) is 2. The Morgan fingerprint density at radius 2 is 0.930 bits per heavy atom. The summed E-state index contributed by atoms with van der Waals surface area (Å²) in [6.07, 6.45) is 7.52. The van der Waals surface area contributed by atoms with Crippen molar-refractivity contribution in [3.8, 4) is 55.9 Å².